The van der Waals surface area contributed by atoms with Crippen LogP contribution in [0, 0.1) is 12.7 Å². The number of hydrogen-bond acceptors (Lipinski definition) is 1. The van der Waals surface area contributed by atoms with Crippen molar-refractivity contribution in [3.8, 4) is 0 Å². The Bertz CT molecular complexity index is 590. The van der Waals surface area contributed by atoms with Crippen molar-refractivity contribution in [1.82, 2.24) is 0 Å². The van der Waals surface area contributed by atoms with E-state index in [0.717, 1.165) is 17.7 Å². The highest BCUT2D eigenvalue weighted by molar-refractivity contribution is 5.51. The van der Waals surface area contributed by atoms with E-state index < -0.39 is 0 Å². The van der Waals surface area contributed by atoms with Crippen molar-refractivity contribution in [2.45, 2.75) is 45.6 Å². The van der Waals surface area contributed by atoms with Crippen molar-refractivity contribution >= 4 is 5.69 Å². The molecule has 0 fully saturated rings. The van der Waals surface area contributed by atoms with Crippen LogP contribution in [0.15, 0.2) is 48.5 Å². The second-order valence-electron chi connectivity index (χ2n) is 6.46. The van der Waals surface area contributed by atoms with E-state index in [1.807, 2.05) is 19.1 Å². The highest BCUT2D eigenvalue weighted by Crippen LogP contribution is 2.29. The lowest BCUT2D eigenvalue weighted by Crippen LogP contribution is -2.28. The highest BCUT2D eigenvalue weighted by Gasteiger charge is 2.23. The average Bonchev–Trinajstić information content (AvgIpc) is 2.43. The Morgan fingerprint density at radius 2 is 1.76 bits per heavy atom. The Morgan fingerprint density at radius 3 is 2.43 bits per heavy atom. The van der Waals surface area contributed by atoms with Crippen molar-refractivity contribution in [3.63, 3.8) is 0 Å². The van der Waals surface area contributed by atoms with Crippen molar-refractivity contribution in [1.29, 1.82) is 0 Å². The van der Waals surface area contributed by atoms with E-state index in [4.69, 9.17) is 0 Å². The zero-order chi connectivity index (χ0) is 15.5. The minimum atomic E-state index is -0.197. The fraction of sp³-hybridized carbons (Fsp3) is 0.368. The summed E-state index contributed by atoms with van der Waals surface area (Å²) in [6.45, 7) is 8.64. The monoisotopic (exact) mass is 285 g/mol. The van der Waals surface area contributed by atoms with Crippen LogP contribution < -0.4 is 5.32 Å². The van der Waals surface area contributed by atoms with Crippen LogP contribution in [0.25, 0.3) is 0 Å². The molecule has 0 saturated heterocycles. The highest BCUT2D eigenvalue weighted by atomic mass is 19.1. The Kier molecular flexibility index (Phi) is 4.66. The molecule has 1 N–H and O–H groups in total. The summed E-state index contributed by atoms with van der Waals surface area (Å²) in [6.07, 6.45) is 0.979. The second-order valence-corrected chi connectivity index (χ2v) is 6.46. The van der Waals surface area contributed by atoms with Gasteiger partial charge < -0.3 is 5.32 Å². The predicted molar refractivity (Wildman–Crippen MR) is 88.3 cm³/mol. The molecule has 0 aliphatic rings. The molecule has 2 rings (SSSR count). The summed E-state index contributed by atoms with van der Waals surface area (Å²) in [5, 5.41) is 3.44. The first-order valence-corrected chi connectivity index (χ1v) is 7.47. The van der Waals surface area contributed by atoms with Gasteiger partial charge in [0.1, 0.15) is 5.82 Å². The van der Waals surface area contributed by atoms with Crippen molar-refractivity contribution in [2.24, 2.45) is 0 Å². The summed E-state index contributed by atoms with van der Waals surface area (Å²) in [7, 11) is 0. The summed E-state index contributed by atoms with van der Waals surface area (Å²) in [5.74, 6) is -0.197. The van der Waals surface area contributed by atoms with Gasteiger partial charge >= 0.3 is 0 Å². The maximum atomic E-state index is 13.4. The molecule has 2 aromatic rings. The lowest BCUT2D eigenvalue weighted by molar-refractivity contribution is 0.450. The molecule has 2 aromatic carbocycles. The molecule has 1 atom stereocenters. The normalized spacial score (nSPS) is 13.0. The summed E-state index contributed by atoms with van der Waals surface area (Å²) in [4.78, 5) is 0. The molecule has 0 saturated carbocycles. The number of benzene rings is 2. The van der Waals surface area contributed by atoms with E-state index in [1.54, 1.807) is 6.07 Å². The van der Waals surface area contributed by atoms with Crippen LogP contribution in [0.5, 0.6) is 0 Å². The number of halogens is 1. The van der Waals surface area contributed by atoms with E-state index in [2.05, 4.69) is 50.4 Å². The van der Waals surface area contributed by atoms with Crippen LogP contribution in [0.2, 0.25) is 0 Å². The molecule has 0 bridgehead atoms. The van der Waals surface area contributed by atoms with Gasteiger partial charge in [0, 0.05) is 11.7 Å². The second kappa shape index (κ2) is 6.30. The number of hydrogen-bond donors (Lipinski definition) is 1. The molecule has 112 valence electrons. The number of rotatable bonds is 5. The molecule has 0 aliphatic heterocycles. The van der Waals surface area contributed by atoms with Crippen molar-refractivity contribution in [3.05, 3.63) is 65.5 Å². The molecule has 0 aromatic heterocycles. The Hall–Kier alpha value is -1.83. The maximum Gasteiger partial charge on any atom is 0.125 e. The van der Waals surface area contributed by atoms with Gasteiger partial charge in [0.15, 0.2) is 0 Å². The van der Waals surface area contributed by atoms with E-state index in [-0.39, 0.29) is 17.3 Å². The Labute approximate surface area is 127 Å². The molecule has 0 amide bonds. The van der Waals surface area contributed by atoms with Crippen molar-refractivity contribution < 1.29 is 4.39 Å². The Balaban J connectivity index is 2.07. The van der Waals surface area contributed by atoms with Gasteiger partial charge in [-0.1, -0.05) is 50.2 Å². The zero-order valence-corrected chi connectivity index (χ0v) is 13.3. The lowest BCUT2D eigenvalue weighted by Gasteiger charge is -2.30. The van der Waals surface area contributed by atoms with Crippen LogP contribution in [-0.4, -0.2) is 6.04 Å². The molecule has 2 heteroatoms. The van der Waals surface area contributed by atoms with Crippen LogP contribution in [0.4, 0.5) is 10.1 Å². The molecule has 0 aliphatic carbocycles. The lowest BCUT2D eigenvalue weighted by atomic mass is 9.79. The van der Waals surface area contributed by atoms with Gasteiger partial charge in [-0.2, -0.15) is 0 Å². The smallest absolute Gasteiger partial charge is 0.125 e. The predicted octanol–water partition coefficient (Wildman–Crippen LogP) is 5.30. The number of nitrogens with one attached hydrogen (secondary N) is 1. The molecule has 1 unspecified atom stereocenters. The minimum absolute atomic E-state index is 0.0783. The van der Waals surface area contributed by atoms with E-state index in [1.165, 1.54) is 11.6 Å². The van der Waals surface area contributed by atoms with Gasteiger partial charge in [-0.3, -0.25) is 0 Å². The standard InChI is InChI=1S/C19H24FN/c1-14-10-11-17(20)12-18(14)21-15(2)13-19(3,4)16-8-6-5-7-9-16/h5-12,15,21H,13H2,1-4H3. The summed E-state index contributed by atoms with van der Waals surface area (Å²) < 4.78 is 13.4. The molecule has 0 heterocycles. The molecular formula is C19H24FN. The first-order valence-electron chi connectivity index (χ1n) is 7.47. The zero-order valence-electron chi connectivity index (χ0n) is 13.3. The fourth-order valence-electron chi connectivity index (χ4n) is 2.84. The fourth-order valence-corrected chi connectivity index (χ4v) is 2.84. The molecule has 21 heavy (non-hydrogen) atoms. The van der Waals surface area contributed by atoms with Gasteiger partial charge in [0.25, 0.3) is 0 Å². The van der Waals surface area contributed by atoms with E-state index in [0.29, 0.717) is 0 Å². The molecule has 0 radical (unpaired) electrons. The third-order valence-corrected chi connectivity index (χ3v) is 3.97. The van der Waals surface area contributed by atoms with Crippen LogP contribution in [0.1, 0.15) is 38.3 Å². The third-order valence-electron chi connectivity index (χ3n) is 3.97. The minimum Gasteiger partial charge on any atom is -0.382 e. The first kappa shape index (κ1) is 15.6. The average molecular weight is 285 g/mol. The number of aryl methyl sites for hydroxylation is 1. The van der Waals surface area contributed by atoms with Gasteiger partial charge in [-0.15, -0.1) is 0 Å². The summed E-state index contributed by atoms with van der Waals surface area (Å²) in [6, 6.07) is 15.7. The third kappa shape index (κ3) is 4.07. The molecule has 0 spiro atoms. The first-order chi connectivity index (χ1) is 9.88. The van der Waals surface area contributed by atoms with E-state index >= 15 is 0 Å². The van der Waals surface area contributed by atoms with Gasteiger partial charge in [-0.25, -0.2) is 4.39 Å². The maximum absolute atomic E-state index is 13.4. The largest absolute Gasteiger partial charge is 0.382 e. The molecular weight excluding hydrogens is 261 g/mol. The van der Waals surface area contributed by atoms with Crippen molar-refractivity contribution in [2.75, 3.05) is 5.32 Å². The SMILES string of the molecule is Cc1ccc(F)cc1NC(C)CC(C)(C)c1ccccc1. The van der Waals surface area contributed by atoms with Gasteiger partial charge in [-0.05, 0) is 48.9 Å². The van der Waals surface area contributed by atoms with Crippen LogP contribution in [0.3, 0.4) is 0 Å². The molecule has 1 nitrogen and oxygen atoms in total. The van der Waals surface area contributed by atoms with Crippen LogP contribution in [-0.2, 0) is 5.41 Å². The van der Waals surface area contributed by atoms with Gasteiger partial charge in [0.05, 0.1) is 0 Å². The summed E-state index contributed by atoms with van der Waals surface area (Å²) >= 11 is 0. The Morgan fingerprint density at radius 1 is 1.10 bits per heavy atom. The number of anilines is 1. The summed E-state index contributed by atoms with van der Waals surface area (Å²) in [5.41, 5.74) is 3.36. The van der Waals surface area contributed by atoms with Gasteiger partial charge in [0.2, 0.25) is 0 Å². The quantitative estimate of drug-likeness (QED) is 0.785. The van der Waals surface area contributed by atoms with E-state index in [9.17, 15) is 4.39 Å². The van der Waals surface area contributed by atoms with Crippen LogP contribution >= 0.6 is 0 Å². The topological polar surface area (TPSA) is 12.0 Å².